The van der Waals surface area contributed by atoms with Gasteiger partial charge in [0.2, 0.25) is 11.8 Å². The van der Waals surface area contributed by atoms with Crippen molar-refractivity contribution in [3.05, 3.63) is 72.6 Å². The number of hydrogen-bond acceptors (Lipinski definition) is 3. The highest BCUT2D eigenvalue weighted by atomic mass is 16.5. The van der Waals surface area contributed by atoms with E-state index in [-0.39, 0.29) is 18.4 Å². The Morgan fingerprint density at radius 3 is 2.54 bits per heavy atom. The number of carbonyl (C=O) groups is 2. The molecular weight excluding hydrogens is 354 g/mol. The van der Waals surface area contributed by atoms with Crippen LogP contribution in [0.25, 0.3) is 0 Å². The number of carbonyl (C=O) groups excluding carboxylic acids is 2. The van der Waals surface area contributed by atoms with E-state index >= 15 is 0 Å². The molecule has 2 rings (SSSR count). The normalized spacial score (nSPS) is 10.5. The SMILES string of the molecule is C=CCN(CC(=O)N(CCOC)Cc1cccn1Cc1ccccc1)C(C)=O. The van der Waals surface area contributed by atoms with Gasteiger partial charge in [0.15, 0.2) is 0 Å². The molecule has 2 aromatic rings. The Labute approximate surface area is 167 Å². The van der Waals surface area contributed by atoms with Gasteiger partial charge in [0.1, 0.15) is 6.54 Å². The van der Waals surface area contributed by atoms with Crippen LogP contribution in [0.5, 0.6) is 0 Å². The second-order valence-corrected chi connectivity index (χ2v) is 6.61. The zero-order valence-electron chi connectivity index (χ0n) is 16.7. The fourth-order valence-corrected chi connectivity index (χ4v) is 2.94. The minimum absolute atomic E-state index is 0.0322. The topological polar surface area (TPSA) is 54.8 Å². The van der Waals surface area contributed by atoms with Crippen LogP contribution in [-0.4, -0.2) is 59.5 Å². The van der Waals surface area contributed by atoms with Crippen LogP contribution in [0.15, 0.2) is 61.3 Å². The van der Waals surface area contributed by atoms with Gasteiger partial charge in [0, 0.05) is 45.6 Å². The van der Waals surface area contributed by atoms with Crippen molar-refractivity contribution < 1.29 is 14.3 Å². The van der Waals surface area contributed by atoms with E-state index in [9.17, 15) is 9.59 Å². The third-order valence-electron chi connectivity index (χ3n) is 4.51. The molecule has 150 valence electrons. The van der Waals surface area contributed by atoms with E-state index in [0.29, 0.717) is 26.2 Å². The first-order valence-corrected chi connectivity index (χ1v) is 9.36. The minimum atomic E-state index is -0.146. The summed E-state index contributed by atoms with van der Waals surface area (Å²) in [5.41, 5.74) is 2.23. The van der Waals surface area contributed by atoms with Gasteiger partial charge in [-0.15, -0.1) is 6.58 Å². The predicted molar refractivity (Wildman–Crippen MR) is 110 cm³/mol. The van der Waals surface area contributed by atoms with Crippen LogP contribution in [0, 0.1) is 0 Å². The molecule has 0 unspecified atom stereocenters. The average Bonchev–Trinajstić information content (AvgIpc) is 3.12. The van der Waals surface area contributed by atoms with Gasteiger partial charge < -0.3 is 19.1 Å². The first kappa shape index (κ1) is 21.4. The summed E-state index contributed by atoms with van der Waals surface area (Å²) in [5, 5.41) is 0. The molecule has 0 aliphatic heterocycles. The zero-order valence-corrected chi connectivity index (χ0v) is 16.7. The maximum atomic E-state index is 12.9. The van der Waals surface area contributed by atoms with E-state index in [2.05, 4.69) is 23.3 Å². The third kappa shape index (κ3) is 6.39. The summed E-state index contributed by atoms with van der Waals surface area (Å²) in [4.78, 5) is 27.8. The van der Waals surface area contributed by atoms with Crippen molar-refractivity contribution in [1.29, 1.82) is 0 Å². The van der Waals surface area contributed by atoms with Crippen molar-refractivity contribution >= 4 is 11.8 Å². The van der Waals surface area contributed by atoms with Gasteiger partial charge in [-0.05, 0) is 17.7 Å². The lowest BCUT2D eigenvalue weighted by atomic mass is 10.2. The molecule has 0 aliphatic carbocycles. The van der Waals surface area contributed by atoms with Crippen LogP contribution < -0.4 is 0 Å². The Kier molecular flexibility index (Phi) is 8.49. The quantitative estimate of drug-likeness (QED) is 0.561. The Hall–Kier alpha value is -2.86. The Balaban J connectivity index is 2.11. The lowest BCUT2D eigenvalue weighted by Crippen LogP contribution is -2.43. The van der Waals surface area contributed by atoms with Crippen LogP contribution in [-0.2, 0) is 27.4 Å². The molecule has 0 radical (unpaired) electrons. The van der Waals surface area contributed by atoms with Crippen molar-refractivity contribution in [2.24, 2.45) is 0 Å². The van der Waals surface area contributed by atoms with Crippen molar-refractivity contribution in [2.45, 2.75) is 20.0 Å². The number of ether oxygens (including phenoxy) is 1. The van der Waals surface area contributed by atoms with Crippen molar-refractivity contribution in [3.63, 3.8) is 0 Å². The molecule has 1 aromatic carbocycles. The van der Waals surface area contributed by atoms with E-state index in [1.165, 1.54) is 17.4 Å². The summed E-state index contributed by atoms with van der Waals surface area (Å²) in [7, 11) is 1.61. The largest absolute Gasteiger partial charge is 0.383 e. The van der Waals surface area contributed by atoms with Gasteiger partial charge in [0.25, 0.3) is 0 Å². The number of methoxy groups -OCH3 is 1. The number of amides is 2. The van der Waals surface area contributed by atoms with Crippen molar-refractivity contribution in [1.82, 2.24) is 14.4 Å². The summed E-state index contributed by atoms with van der Waals surface area (Å²) in [6.45, 7) is 7.60. The summed E-state index contributed by atoms with van der Waals surface area (Å²) in [6, 6.07) is 14.2. The maximum Gasteiger partial charge on any atom is 0.242 e. The van der Waals surface area contributed by atoms with Gasteiger partial charge in [0.05, 0.1) is 13.2 Å². The Morgan fingerprint density at radius 2 is 1.89 bits per heavy atom. The number of hydrogen-bond donors (Lipinski definition) is 0. The highest BCUT2D eigenvalue weighted by molar-refractivity contribution is 5.84. The van der Waals surface area contributed by atoms with Crippen LogP contribution in [0.1, 0.15) is 18.2 Å². The molecule has 6 nitrogen and oxygen atoms in total. The molecule has 6 heteroatoms. The first-order valence-electron chi connectivity index (χ1n) is 9.36. The summed E-state index contributed by atoms with van der Waals surface area (Å²) < 4.78 is 7.30. The molecule has 0 spiro atoms. The molecular formula is C22H29N3O3. The maximum absolute atomic E-state index is 12.9. The van der Waals surface area contributed by atoms with Crippen LogP contribution in [0.2, 0.25) is 0 Å². The lowest BCUT2D eigenvalue weighted by molar-refractivity contribution is -0.139. The molecule has 0 bridgehead atoms. The molecule has 0 saturated heterocycles. The number of aromatic nitrogens is 1. The van der Waals surface area contributed by atoms with Crippen molar-refractivity contribution in [2.75, 3.05) is 33.4 Å². The van der Waals surface area contributed by atoms with Crippen LogP contribution >= 0.6 is 0 Å². The van der Waals surface area contributed by atoms with E-state index in [4.69, 9.17) is 4.74 Å². The molecule has 0 N–H and O–H groups in total. The minimum Gasteiger partial charge on any atom is -0.383 e. The van der Waals surface area contributed by atoms with Crippen molar-refractivity contribution in [3.8, 4) is 0 Å². The summed E-state index contributed by atoms with van der Waals surface area (Å²) in [5.74, 6) is -0.256. The lowest BCUT2D eigenvalue weighted by Gasteiger charge is -2.27. The molecule has 2 amide bonds. The molecule has 0 aliphatic rings. The first-order chi connectivity index (χ1) is 13.5. The molecule has 0 saturated carbocycles. The van der Waals surface area contributed by atoms with E-state index < -0.39 is 0 Å². The smallest absolute Gasteiger partial charge is 0.242 e. The van der Waals surface area contributed by atoms with Gasteiger partial charge in [-0.3, -0.25) is 9.59 Å². The van der Waals surface area contributed by atoms with E-state index in [0.717, 1.165) is 12.2 Å². The molecule has 0 fully saturated rings. The van der Waals surface area contributed by atoms with E-state index in [1.807, 2.05) is 36.5 Å². The van der Waals surface area contributed by atoms with Gasteiger partial charge >= 0.3 is 0 Å². The zero-order chi connectivity index (χ0) is 20.4. The van der Waals surface area contributed by atoms with E-state index in [1.54, 1.807) is 18.1 Å². The Morgan fingerprint density at radius 1 is 1.14 bits per heavy atom. The van der Waals surface area contributed by atoms with Gasteiger partial charge in [-0.25, -0.2) is 0 Å². The monoisotopic (exact) mass is 383 g/mol. The number of nitrogens with zero attached hydrogens (tertiary/aromatic N) is 3. The highest BCUT2D eigenvalue weighted by Crippen LogP contribution is 2.11. The van der Waals surface area contributed by atoms with Crippen LogP contribution in [0.4, 0.5) is 0 Å². The number of rotatable bonds is 11. The predicted octanol–water partition coefficient (Wildman–Crippen LogP) is 2.55. The average molecular weight is 383 g/mol. The second kappa shape index (κ2) is 11.1. The third-order valence-corrected chi connectivity index (χ3v) is 4.51. The molecule has 1 aromatic heterocycles. The van der Waals surface area contributed by atoms with Gasteiger partial charge in [-0.2, -0.15) is 0 Å². The van der Waals surface area contributed by atoms with Crippen LogP contribution in [0.3, 0.4) is 0 Å². The highest BCUT2D eigenvalue weighted by Gasteiger charge is 2.19. The number of benzene rings is 1. The second-order valence-electron chi connectivity index (χ2n) is 6.61. The Bertz CT molecular complexity index is 770. The summed E-state index contributed by atoms with van der Waals surface area (Å²) >= 11 is 0. The fraction of sp³-hybridized carbons (Fsp3) is 0.364. The fourth-order valence-electron chi connectivity index (χ4n) is 2.94. The molecule has 28 heavy (non-hydrogen) atoms. The van der Waals surface area contributed by atoms with Gasteiger partial charge in [-0.1, -0.05) is 36.4 Å². The molecule has 1 heterocycles. The standard InChI is InChI=1S/C22H29N3O3/c1-4-12-23(19(2)26)18-22(27)25(14-15-28-3)17-21-11-8-13-24(21)16-20-9-6-5-7-10-20/h4-11,13H,1,12,14-18H2,2-3H3. The summed E-state index contributed by atoms with van der Waals surface area (Å²) in [6.07, 6.45) is 3.64. The molecule has 0 atom stereocenters.